The van der Waals surface area contributed by atoms with Crippen molar-refractivity contribution < 1.29 is 19.1 Å². The van der Waals surface area contributed by atoms with E-state index in [1.165, 1.54) is 0 Å². The number of aliphatic hydroxyl groups is 1. The van der Waals surface area contributed by atoms with E-state index in [0.717, 1.165) is 27.9 Å². The fourth-order valence-electron chi connectivity index (χ4n) is 4.52. The van der Waals surface area contributed by atoms with Crippen LogP contribution in [0.15, 0.2) is 89.3 Å². The largest absolute Gasteiger partial charge is 0.460 e. The molecule has 1 amide bonds. The minimum absolute atomic E-state index is 0.199. The number of aliphatic hydroxyl groups excluding tert-OH is 1. The third-order valence-corrected chi connectivity index (χ3v) is 6.58. The first-order chi connectivity index (χ1) is 17.0. The summed E-state index contributed by atoms with van der Waals surface area (Å²) < 4.78 is 11.6. The number of amides is 1. The summed E-state index contributed by atoms with van der Waals surface area (Å²) in [6, 6.07) is 26.9. The molecule has 4 aromatic rings. The lowest BCUT2D eigenvalue weighted by molar-refractivity contribution is 0.0688. The van der Waals surface area contributed by atoms with Gasteiger partial charge in [0.15, 0.2) is 0 Å². The van der Waals surface area contributed by atoms with Crippen LogP contribution in [0.4, 0.5) is 4.79 Å². The molecule has 3 aromatic carbocycles. The number of carbonyl (C=O) groups is 1. The van der Waals surface area contributed by atoms with Crippen LogP contribution in [-0.2, 0) is 24.4 Å². The maximum atomic E-state index is 12.7. The van der Waals surface area contributed by atoms with Gasteiger partial charge in [0.1, 0.15) is 18.0 Å². The van der Waals surface area contributed by atoms with Gasteiger partial charge in [0, 0.05) is 23.5 Å². The van der Waals surface area contributed by atoms with E-state index >= 15 is 0 Å². The van der Waals surface area contributed by atoms with Gasteiger partial charge in [-0.15, -0.1) is 0 Å². The van der Waals surface area contributed by atoms with Crippen LogP contribution in [0.5, 0.6) is 0 Å². The highest BCUT2D eigenvalue weighted by Gasteiger charge is 2.38. The molecule has 0 unspecified atom stereocenters. The van der Waals surface area contributed by atoms with E-state index in [2.05, 4.69) is 4.90 Å². The molecular weight excluding hydrogens is 464 g/mol. The number of carbonyl (C=O) groups excluding carboxylic acids is 1. The van der Waals surface area contributed by atoms with Crippen molar-refractivity contribution >= 4 is 28.7 Å². The lowest BCUT2D eigenvalue weighted by Crippen LogP contribution is -2.42. The van der Waals surface area contributed by atoms with Gasteiger partial charge in [0.2, 0.25) is 0 Å². The van der Waals surface area contributed by atoms with E-state index in [-0.39, 0.29) is 19.2 Å². The molecule has 180 valence electrons. The first-order valence-corrected chi connectivity index (χ1v) is 12.0. The first-order valence-electron chi connectivity index (χ1n) is 11.6. The second kappa shape index (κ2) is 10.5. The smallest absolute Gasteiger partial charge is 0.410 e. The molecule has 7 heteroatoms. The molecule has 1 aromatic heterocycles. The Hall–Kier alpha value is -3.32. The average Bonchev–Trinajstić information content (AvgIpc) is 3.47. The number of rotatable bonds is 7. The van der Waals surface area contributed by atoms with E-state index in [9.17, 15) is 9.90 Å². The standard InChI is InChI=1S/C28H27ClN2O4/c29-23-12-10-20(11-13-23)15-30(16-24-14-22-8-4-5-9-27(22)35-24)25-17-31(18-26(25)32)28(33)34-19-21-6-2-1-3-7-21/h1-14,25-26,32H,15-19H2/t25-,26-/m1/s1. The van der Waals surface area contributed by atoms with Crippen LogP contribution in [-0.4, -0.2) is 46.2 Å². The molecule has 1 aliphatic rings. The second-order valence-corrected chi connectivity index (χ2v) is 9.30. The van der Waals surface area contributed by atoms with Gasteiger partial charge >= 0.3 is 6.09 Å². The monoisotopic (exact) mass is 490 g/mol. The Morgan fingerprint density at radius 3 is 2.49 bits per heavy atom. The SMILES string of the molecule is O=C(OCc1ccccc1)N1C[C@@H](O)[C@H](N(Cc2ccc(Cl)cc2)Cc2cc3ccccc3o2)C1. The van der Waals surface area contributed by atoms with Crippen LogP contribution in [0, 0.1) is 0 Å². The molecule has 0 aliphatic carbocycles. The molecule has 1 aliphatic heterocycles. The van der Waals surface area contributed by atoms with Crippen LogP contribution in [0.1, 0.15) is 16.9 Å². The lowest BCUT2D eigenvalue weighted by Gasteiger charge is -2.30. The van der Waals surface area contributed by atoms with Crippen molar-refractivity contribution in [1.29, 1.82) is 0 Å². The van der Waals surface area contributed by atoms with Gasteiger partial charge in [-0.3, -0.25) is 4.90 Å². The fraction of sp³-hybridized carbons (Fsp3) is 0.250. The second-order valence-electron chi connectivity index (χ2n) is 8.86. The van der Waals surface area contributed by atoms with Crippen LogP contribution in [0.2, 0.25) is 5.02 Å². The summed E-state index contributed by atoms with van der Waals surface area (Å²) in [4.78, 5) is 16.5. The summed E-state index contributed by atoms with van der Waals surface area (Å²) in [7, 11) is 0. The Kier molecular flexibility index (Phi) is 7.04. The molecule has 0 spiro atoms. The summed E-state index contributed by atoms with van der Waals surface area (Å²) >= 11 is 6.07. The first kappa shape index (κ1) is 23.4. The number of halogens is 1. The van der Waals surface area contributed by atoms with Gasteiger partial charge in [-0.1, -0.05) is 72.3 Å². The highest BCUT2D eigenvalue weighted by molar-refractivity contribution is 6.30. The normalized spacial score (nSPS) is 17.9. The Morgan fingerprint density at radius 1 is 0.971 bits per heavy atom. The molecule has 6 nitrogen and oxygen atoms in total. The third kappa shape index (κ3) is 5.68. The molecule has 35 heavy (non-hydrogen) atoms. The number of ether oxygens (including phenoxy) is 1. The Morgan fingerprint density at radius 2 is 1.71 bits per heavy atom. The summed E-state index contributed by atoms with van der Waals surface area (Å²) in [6.45, 7) is 1.84. The van der Waals surface area contributed by atoms with Crippen molar-refractivity contribution in [3.05, 3.63) is 107 Å². The number of fused-ring (bicyclic) bond motifs is 1. The van der Waals surface area contributed by atoms with Crippen molar-refractivity contribution in [2.75, 3.05) is 13.1 Å². The molecule has 1 saturated heterocycles. The van der Waals surface area contributed by atoms with Crippen molar-refractivity contribution in [2.45, 2.75) is 31.8 Å². The summed E-state index contributed by atoms with van der Waals surface area (Å²) in [5, 5.41) is 12.7. The molecule has 2 heterocycles. The zero-order chi connectivity index (χ0) is 24.2. The maximum Gasteiger partial charge on any atom is 0.410 e. The van der Waals surface area contributed by atoms with Crippen LogP contribution >= 0.6 is 11.6 Å². The molecule has 0 radical (unpaired) electrons. The lowest BCUT2D eigenvalue weighted by atomic mass is 10.1. The van der Waals surface area contributed by atoms with Crippen LogP contribution in [0.3, 0.4) is 0 Å². The summed E-state index contributed by atoms with van der Waals surface area (Å²) in [5.74, 6) is 0.803. The van der Waals surface area contributed by atoms with E-state index in [1.54, 1.807) is 4.90 Å². The van der Waals surface area contributed by atoms with Crippen molar-refractivity contribution in [3.8, 4) is 0 Å². The Labute approximate surface area is 209 Å². The number of nitrogens with zero attached hydrogens (tertiary/aromatic N) is 2. The van der Waals surface area contributed by atoms with E-state index in [1.807, 2.05) is 84.9 Å². The summed E-state index contributed by atoms with van der Waals surface area (Å²) in [6.07, 6.45) is -1.14. The molecule has 0 bridgehead atoms. The number of hydrogen-bond donors (Lipinski definition) is 1. The van der Waals surface area contributed by atoms with E-state index in [4.69, 9.17) is 20.8 Å². The van der Waals surface area contributed by atoms with Gasteiger partial charge in [-0.25, -0.2) is 4.79 Å². The number of benzene rings is 3. The Balaban J connectivity index is 1.31. The minimum atomic E-state index is -0.712. The van der Waals surface area contributed by atoms with E-state index < -0.39 is 12.2 Å². The molecular formula is C28H27ClN2O4. The molecule has 2 atom stereocenters. The van der Waals surface area contributed by atoms with Gasteiger partial charge in [0.05, 0.1) is 25.2 Å². The highest BCUT2D eigenvalue weighted by Crippen LogP contribution is 2.26. The van der Waals surface area contributed by atoms with E-state index in [0.29, 0.717) is 24.7 Å². The predicted molar refractivity (Wildman–Crippen MR) is 135 cm³/mol. The molecule has 1 fully saturated rings. The van der Waals surface area contributed by atoms with Crippen molar-refractivity contribution in [2.24, 2.45) is 0 Å². The van der Waals surface area contributed by atoms with Crippen molar-refractivity contribution in [3.63, 3.8) is 0 Å². The topological polar surface area (TPSA) is 66.2 Å². The van der Waals surface area contributed by atoms with Crippen LogP contribution in [0.25, 0.3) is 11.0 Å². The molecule has 5 rings (SSSR count). The number of likely N-dealkylation sites (tertiary alicyclic amines) is 1. The zero-order valence-electron chi connectivity index (χ0n) is 19.2. The summed E-state index contributed by atoms with van der Waals surface area (Å²) in [5.41, 5.74) is 2.81. The van der Waals surface area contributed by atoms with Gasteiger partial charge < -0.3 is 19.2 Å². The highest BCUT2D eigenvalue weighted by atomic mass is 35.5. The molecule has 0 saturated carbocycles. The third-order valence-electron chi connectivity index (χ3n) is 6.33. The number of β-amino-alcohol motifs (C(OH)–C–C–N with tert-alkyl or cyclic N) is 1. The van der Waals surface area contributed by atoms with Gasteiger partial charge in [0.25, 0.3) is 0 Å². The number of para-hydroxylation sites is 1. The number of furan rings is 1. The van der Waals surface area contributed by atoms with Crippen LogP contribution < -0.4 is 0 Å². The number of hydrogen-bond acceptors (Lipinski definition) is 5. The average molecular weight is 491 g/mol. The maximum absolute atomic E-state index is 12.7. The quantitative estimate of drug-likeness (QED) is 0.372. The van der Waals surface area contributed by atoms with Crippen molar-refractivity contribution in [1.82, 2.24) is 9.80 Å². The zero-order valence-corrected chi connectivity index (χ0v) is 20.0. The molecule has 1 N–H and O–H groups in total. The predicted octanol–water partition coefficient (Wildman–Crippen LogP) is 5.47. The fourth-order valence-corrected chi connectivity index (χ4v) is 4.64. The van der Waals surface area contributed by atoms with Gasteiger partial charge in [-0.2, -0.15) is 0 Å². The van der Waals surface area contributed by atoms with Gasteiger partial charge in [-0.05, 0) is 35.4 Å². The Bertz CT molecular complexity index is 1240. The minimum Gasteiger partial charge on any atom is -0.460 e.